The largest absolute Gasteiger partial charge is 0.396 e. The number of aromatic nitrogens is 1. The molecule has 0 radical (unpaired) electrons. The van der Waals surface area contributed by atoms with Crippen LogP contribution in [0.4, 0.5) is 5.82 Å². The second kappa shape index (κ2) is 4.25. The quantitative estimate of drug-likeness (QED) is 0.608. The summed E-state index contributed by atoms with van der Waals surface area (Å²) in [7, 11) is 0. The van der Waals surface area contributed by atoms with Gasteiger partial charge < -0.3 is 16.5 Å². The van der Waals surface area contributed by atoms with Crippen LogP contribution < -0.4 is 11.1 Å². The molecule has 4 nitrogen and oxygen atoms in total. The lowest BCUT2D eigenvalue weighted by molar-refractivity contribution is 1.29. The third kappa shape index (κ3) is 2.94. The predicted octanol–water partition coefficient (Wildman–Crippen LogP) is 1.33. The van der Waals surface area contributed by atoms with Gasteiger partial charge in [-0.25, -0.2) is 4.98 Å². The van der Waals surface area contributed by atoms with E-state index in [-0.39, 0.29) is 0 Å². The third-order valence-electron chi connectivity index (χ3n) is 1.47. The molecule has 4 N–H and O–H groups in total. The summed E-state index contributed by atoms with van der Waals surface area (Å²) in [5.41, 5.74) is 6.26. The minimum Gasteiger partial charge on any atom is -0.396 e. The molecule has 0 unspecified atom stereocenters. The first-order valence-electron chi connectivity index (χ1n) is 3.89. The summed E-state index contributed by atoms with van der Waals surface area (Å²) in [5.74, 6) is 0.715. The van der Waals surface area contributed by atoms with Gasteiger partial charge in [0.25, 0.3) is 0 Å². The SMILES string of the molecule is CC(=N)/C(N)=C\Nc1ccccn1. The van der Waals surface area contributed by atoms with Gasteiger partial charge >= 0.3 is 0 Å². The molecular weight excluding hydrogens is 164 g/mol. The Bertz CT molecular complexity index is 316. The van der Waals surface area contributed by atoms with Crippen LogP contribution in [0.25, 0.3) is 0 Å². The average Bonchev–Trinajstić information content (AvgIpc) is 2.15. The molecule has 13 heavy (non-hydrogen) atoms. The smallest absolute Gasteiger partial charge is 0.129 e. The zero-order chi connectivity index (χ0) is 9.68. The Hall–Kier alpha value is -1.84. The standard InChI is InChI=1S/C9H12N4/c1-7(10)8(11)6-13-9-4-2-3-5-12-9/h2-6,10H,11H2,1H3,(H,12,13)/b8-6+,10-7?. The maximum atomic E-state index is 7.21. The van der Waals surface area contributed by atoms with Crippen molar-refractivity contribution in [2.24, 2.45) is 5.73 Å². The van der Waals surface area contributed by atoms with Crippen molar-refractivity contribution in [2.45, 2.75) is 6.92 Å². The summed E-state index contributed by atoms with van der Waals surface area (Å²) in [6.45, 7) is 1.63. The predicted molar refractivity (Wildman–Crippen MR) is 53.5 cm³/mol. The van der Waals surface area contributed by atoms with E-state index in [4.69, 9.17) is 11.1 Å². The summed E-state index contributed by atoms with van der Waals surface area (Å²) in [4.78, 5) is 4.03. The van der Waals surface area contributed by atoms with Gasteiger partial charge in [-0.2, -0.15) is 0 Å². The van der Waals surface area contributed by atoms with Crippen molar-refractivity contribution in [3.8, 4) is 0 Å². The summed E-state index contributed by atoms with van der Waals surface area (Å²) in [6, 6.07) is 5.53. The van der Waals surface area contributed by atoms with E-state index < -0.39 is 0 Å². The Morgan fingerprint density at radius 3 is 2.92 bits per heavy atom. The molecule has 0 aliphatic carbocycles. The Labute approximate surface area is 77.0 Å². The van der Waals surface area contributed by atoms with Gasteiger partial charge in [0, 0.05) is 12.4 Å². The summed E-state index contributed by atoms with van der Waals surface area (Å²) in [6.07, 6.45) is 3.24. The molecule has 0 aromatic carbocycles. The first kappa shape index (κ1) is 9.25. The van der Waals surface area contributed by atoms with Gasteiger partial charge in [0.15, 0.2) is 0 Å². The lowest BCUT2D eigenvalue weighted by atomic mass is 10.3. The van der Waals surface area contributed by atoms with Crippen LogP contribution in [-0.2, 0) is 0 Å². The van der Waals surface area contributed by atoms with Gasteiger partial charge in [-0.05, 0) is 19.1 Å². The molecule has 1 aromatic rings. The summed E-state index contributed by atoms with van der Waals surface area (Å²) >= 11 is 0. The van der Waals surface area contributed by atoms with E-state index in [1.165, 1.54) is 0 Å². The number of nitrogens with one attached hydrogen (secondary N) is 2. The van der Waals surface area contributed by atoms with E-state index in [0.29, 0.717) is 17.2 Å². The lowest BCUT2D eigenvalue weighted by Crippen LogP contribution is -2.08. The van der Waals surface area contributed by atoms with Gasteiger partial charge in [0.05, 0.1) is 11.4 Å². The number of hydrogen-bond acceptors (Lipinski definition) is 4. The zero-order valence-corrected chi connectivity index (χ0v) is 7.41. The number of pyridine rings is 1. The highest BCUT2D eigenvalue weighted by atomic mass is 15.0. The number of rotatable bonds is 3. The van der Waals surface area contributed by atoms with Crippen LogP contribution in [0.15, 0.2) is 36.3 Å². The maximum Gasteiger partial charge on any atom is 0.129 e. The maximum absolute atomic E-state index is 7.21. The summed E-state index contributed by atoms with van der Waals surface area (Å²) in [5, 5.41) is 10.1. The van der Waals surface area contributed by atoms with Crippen LogP contribution >= 0.6 is 0 Å². The normalized spacial score (nSPS) is 11.0. The van der Waals surface area contributed by atoms with Crippen molar-refractivity contribution >= 4 is 11.5 Å². The van der Waals surface area contributed by atoms with Crippen molar-refractivity contribution in [2.75, 3.05) is 5.32 Å². The van der Waals surface area contributed by atoms with E-state index >= 15 is 0 Å². The molecule has 1 rings (SSSR count). The van der Waals surface area contributed by atoms with Crippen LogP contribution in [0.5, 0.6) is 0 Å². The van der Waals surface area contributed by atoms with Gasteiger partial charge in [-0.1, -0.05) is 6.07 Å². The Morgan fingerprint density at radius 1 is 1.62 bits per heavy atom. The molecule has 0 fully saturated rings. The Kier molecular flexibility index (Phi) is 3.03. The molecule has 0 amide bonds. The fourth-order valence-corrected chi connectivity index (χ4v) is 0.708. The number of hydrogen-bond donors (Lipinski definition) is 3. The first-order valence-corrected chi connectivity index (χ1v) is 3.89. The molecule has 0 bridgehead atoms. The first-order chi connectivity index (χ1) is 6.20. The van der Waals surface area contributed by atoms with Crippen LogP contribution in [0.1, 0.15) is 6.92 Å². The number of nitrogens with zero attached hydrogens (tertiary/aromatic N) is 1. The molecule has 0 aliphatic rings. The van der Waals surface area contributed by atoms with Gasteiger partial charge in [-0.3, -0.25) is 0 Å². The number of nitrogens with two attached hydrogens (primary N) is 1. The number of allylic oxidation sites excluding steroid dienone is 1. The van der Waals surface area contributed by atoms with Crippen molar-refractivity contribution < 1.29 is 0 Å². The monoisotopic (exact) mass is 176 g/mol. The molecule has 0 saturated heterocycles. The Morgan fingerprint density at radius 2 is 2.38 bits per heavy atom. The highest BCUT2D eigenvalue weighted by Gasteiger charge is 1.92. The van der Waals surface area contributed by atoms with E-state index in [1.807, 2.05) is 18.2 Å². The number of anilines is 1. The fraction of sp³-hybridized carbons (Fsp3) is 0.111. The highest BCUT2D eigenvalue weighted by Crippen LogP contribution is 1.99. The lowest BCUT2D eigenvalue weighted by Gasteiger charge is -2.00. The molecule has 68 valence electrons. The minimum atomic E-state index is 0.337. The molecule has 0 atom stereocenters. The zero-order valence-electron chi connectivity index (χ0n) is 7.41. The van der Waals surface area contributed by atoms with Crippen LogP contribution in [-0.4, -0.2) is 10.7 Å². The van der Waals surface area contributed by atoms with Crippen molar-refractivity contribution in [1.29, 1.82) is 5.41 Å². The molecule has 0 saturated carbocycles. The van der Waals surface area contributed by atoms with E-state index in [9.17, 15) is 0 Å². The highest BCUT2D eigenvalue weighted by molar-refractivity contribution is 5.94. The average molecular weight is 176 g/mol. The Balaban J connectivity index is 2.62. The van der Waals surface area contributed by atoms with Gasteiger partial charge in [0.2, 0.25) is 0 Å². The van der Waals surface area contributed by atoms with Gasteiger partial charge in [0.1, 0.15) is 5.82 Å². The van der Waals surface area contributed by atoms with E-state index in [0.717, 1.165) is 0 Å². The molecular formula is C9H12N4. The fourth-order valence-electron chi connectivity index (χ4n) is 0.708. The molecule has 0 aliphatic heterocycles. The van der Waals surface area contributed by atoms with Crippen molar-refractivity contribution in [3.63, 3.8) is 0 Å². The van der Waals surface area contributed by atoms with Crippen molar-refractivity contribution in [1.82, 2.24) is 4.98 Å². The third-order valence-corrected chi connectivity index (χ3v) is 1.47. The molecule has 1 heterocycles. The molecule has 1 aromatic heterocycles. The van der Waals surface area contributed by atoms with Crippen LogP contribution in [0.3, 0.4) is 0 Å². The molecule has 0 spiro atoms. The minimum absolute atomic E-state index is 0.337. The summed E-state index contributed by atoms with van der Waals surface area (Å²) < 4.78 is 0. The van der Waals surface area contributed by atoms with Gasteiger partial charge in [-0.15, -0.1) is 0 Å². The van der Waals surface area contributed by atoms with E-state index in [2.05, 4.69) is 10.3 Å². The second-order valence-electron chi connectivity index (χ2n) is 2.58. The molecule has 4 heteroatoms. The van der Waals surface area contributed by atoms with E-state index in [1.54, 1.807) is 19.3 Å². The topological polar surface area (TPSA) is 74.8 Å². The van der Waals surface area contributed by atoms with Crippen LogP contribution in [0.2, 0.25) is 0 Å². The van der Waals surface area contributed by atoms with Crippen LogP contribution in [0, 0.1) is 5.41 Å². The van der Waals surface area contributed by atoms with Crippen molar-refractivity contribution in [3.05, 3.63) is 36.3 Å². The second-order valence-corrected chi connectivity index (χ2v) is 2.58.